The van der Waals surface area contributed by atoms with E-state index >= 15 is 0 Å². The van der Waals surface area contributed by atoms with Crippen molar-refractivity contribution in [3.63, 3.8) is 0 Å². The molecule has 1 N–H and O–H groups in total. The molecule has 3 fully saturated rings. The smallest absolute Gasteiger partial charge is 0.223 e. The van der Waals surface area contributed by atoms with Gasteiger partial charge in [0.15, 0.2) is 11.6 Å². The molecule has 0 bridgehead atoms. The Morgan fingerprint density at radius 2 is 1.87 bits per heavy atom. The Kier molecular flexibility index (Phi) is 3.84. The Hall–Kier alpha value is -1.49. The molecule has 2 saturated carbocycles. The molecule has 1 heterocycles. The van der Waals surface area contributed by atoms with Crippen LogP contribution >= 0.6 is 0 Å². The van der Waals surface area contributed by atoms with Gasteiger partial charge in [-0.1, -0.05) is 12.1 Å². The second-order valence-corrected chi connectivity index (χ2v) is 7.14. The van der Waals surface area contributed by atoms with Gasteiger partial charge in [-0.05, 0) is 49.7 Å². The third kappa shape index (κ3) is 3.11. The predicted octanol–water partition coefficient (Wildman–Crippen LogP) is 2.81. The fraction of sp³-hybridized carbons (Fsp3) is 0.611. The lowest BCUT2D eigenvalue weighted by molar-refractivity contribution is -0.123. The van der Waals surface area contributed by atoms with Crippen molar-refractivity contribution in [1.82, 2.24) is 10.2 Å². The van der Waals surface area contributed by atoms with E-state index < -0.39 is 11.6 Å². The summed E-state index contributed by atoms with van der Waals surface area (Å²) < 4.78 is 27.1. The number of hydrogen-bond acceptors (Lipinski definition) is 2. The minimum atomic E-state index is -0.832. The highest BCUT2D eigenvalue weighted by atomic mass is 19.2. The van der Waals surface area contributed by atoms with E-state index in [1.807, 2.05) is 0 Å². The van der Waals surface area contributed by atoms with Crippen molar-refractivity contribution in [3.8, 4) is 0 Å². The molecular formula is C18H22F2N2O. The molecule has 1 aromatic carbocycles. The summed E-state index contributed by atoms with van der Waals surface area (Å²) in [6.07, 6.45) is 5.25. The lowest BCUT2D eigenvalue weighted by Crippen LogP contribution is -2.45. The first kappa shape index (κ1) is 15.1. The molecule has 3 nitrogen and oxygen atoms in total. The topological polar surface area (TPSA) is 32.3 Å². The number of amides is 1. The van der Waals surface area contributed by atoms with Crippen LogP contribution in [-0.2, 0) is 4.79 Å². The Labute approximate surface area is 135 Å². The van der Waals surface area contributed by atoms with Crippen LogP contribution in [0.1, 0.15) is 43.6 Å². The summed E-state index contributed by atoms with van der Waals surface area (Å²) in [6, 6.07) is 5.23. The van der Waals surface area contributed by atoms with E-state index in [-0.39, 0.29) is 23.8 Å². The maximum absolute atomic E-state index is 13.8. The van der Waals surface area contributed by atoms with Gasteiger partial charge in [-0.15, -0.1) is 0 Å². The van der Waals surface area contributed by atoms with Crippen LogP contribution in [0.25, 0.3) is 0 Å². The van der Waals surface area contributed by atoms with Crippen molar-refractivity contribution in [2.75, 3.05) is 13.1 Å². The quantitative estimate of drug-likeness (QED) is 0.925. The predicted molar refractivity (Wildman–Crippen MR) is 83.0 cm³/mol. The normalized spacial score (nSPS) is 28.6. The largest absolute Gasteiger partial charge is 0.353 e. The molecule has 1 aliphatic heterocycles. The van der Waals surface area contributed by atoms with Gasteiger partial charge in [0.2, 0.25) is 5.91 Å². The zero-order chi connectivity index (χ0) is 16.0. The lowest BCUT2D eigenvalue weighted by atomic mass is 10.0. The maximum Gasteiger partial charge on any atom is 0.223 e. The van der Waals surface area contributed by atoms with E-state index in [1.165, 1.54) is 18.9 Å². The van der Waals surface area contributed by atoms with Gasteiger partial charge in [0.1, 0.15) is 0 Å². The summed E-state index contributed by atoms with van der Waals surface area (Å²) >= 11 is 0. The monoisotopic (exact) mass is 320 g/mol. The van der Waals surface area contributed by atoms with Gasteiger partial charge in [0.25, 0.3) is 0 Å². The van der Waals surface area contributed by atoms with Crippen molar-refractivity contribution in [2.24, 2.45) is 5.92 Å². The van der Waals surface area contributed by atoms with Crippen molar-refractivity contribution in [2.45, 2.75) is 50.1 Å². The van der Waals surface area contributed by atoms with Crippen molar-refractivity contribution in [1.29, 1.82) is 0 Å². The number of carbonyl (C=O) groups excluding carboxylic acids is 1. The SMILES string of the molecule is O=C(NC1CCN(C2CC2)CC1)[C@H]1C[C@H]1c1cccc(F)c1F. The first-order valence-electron chi connectivity index (χ1n) is 8.62. The molecule has 5 heteroatoms. The average molecular weight is 320 g/mol. The number of piperidine rings is 1. The maximum atomic E-state index is 13.8. The zero-order valence-corrected chi connectivity index (χ0v) is 13.1. The van der Waals surface area contributed by atoms with Crippen LogP contribution in [0, 0.1) is 17.6 Å². The fourth-order valence-electron chi connectivity index (χ4n) is 3.79. The molecule has 0 aromatic heterocycles. The van der Waals surface area contributed by atoms with Crippen LogP contribution in [0.2, 0.25) is 0 Å². The highest BCUT2D eigenvalue weighted by Gasteiger charge is 2.46. The third-order valence-electron chi connectivity index (χ3n) is 5.45. The number of rotatable bonds is 4. The number of halogens is 2. The van der Waals surface area contributed by atoms with Crippen LogP contribution in [0.5, 0.6) is 0 Å². The van der Waals surface area contributed by atoms with Crippen LogP contribution in [-0.4, -0.2) is 36.0 Å². The number of nitrogens with zero attached hydrogens (tertiary/aromatic N) is 1. The molecule has 2 atom stereocenters. The molecule has 1 amide bonds. The molecule has 1 aromatic rings. The van der Waals surface area contributed by atoms with Crippen LogP contribution in [0.4, 0.5) is 8.78 Å². The number of carbonyl (C=O) groups is 1. The van der Waals surface area contributed by atoms with E-state index in [0.29, 0.717) is 12.0 Å². The van der Waals surface area contributed by atoms with Gasteiger partial charge >= 0.3 is 0 Å². The van der Waals surface area contributed by atoms with Gasteiger partial charge in [0, 0.05) is 31.1 Å². The summed E-state index contributed by atoms with van der Waals surface area (Å²) in [7, 11) is 0. The molecule has 23 heavy (non-hydrogen) atoms. The Bertz CT molecular complexity index is 609. The second kappa shape index (κ2) is 5.86. The van der Waals surface area contributed by atoms with Gasteiger partial charge < -0.3 is 10.2 Å². The Morgan fingerprint density at radius 3 is 2.57 bits per heavy atom. The average Bonchev–Trinajstić information content (AvgIpc) is 3.44. The van der Waals surface area contributed by atoms with Gasteiger partial charge in [0.05, 0.1) is 0 Å². The molecule has 0 spiro atoms. The van der Waals surface area contributed by atoms with Gasteiger partial charge in [-0.3, -0.25) is 4.79 Å². The molecule has 4 rings (SSSR count). The molecule has 124 valence electrons. The van der Waals surface area contributed by atoms with Crippen molar-refractivity contribution in [3.05, 3.63) is 35.4 Å². The summed E-state index contributed by atoms with van der Waals surface area (Å²) in [5.74, 6) is -2.00. The first-order valence-corrected chi connectivity index (χ1v) is 8.62. The minimum absolute atomic E-state index is 0.00327. The number of nitrogens with one attached hydrogen (secondary N) is 1. The Balaban J connectivity index is 1.30. The van der Waals surface area contributed by atoms with E-state index in [0.717, 1.165) is 38.0 Å². The van der Waals surface area contributed by atoms with Gasteiger partial charge in [-0.2, -0.15) is 0 Å². The van der Waals surface area contributed by atoms with E-state index in [2.05, 4.69) is 10.2 Å². The van der Waals surface area contributed by atoms with Crippen LogP contribution in [0.3, 0.4) is 0 Å². The highest BCUT2D eigenvalue weighted by Crippen LogP contribution is 2.48. The zero-order valence-electron chi connectivity index (χ0n) is 13.1. The fourth-order valence-corrected chi connectivity index (χ4v) is 3.79. The van der Waals surface area contributed by atoms with Gasteiger partial charge in [-0.25, -0.2) is 8.78 Å². The first-order chi connectivity index (χ1) is 11.1. The van der Waals surface area contributed by atoms with E-state index in [9.17, 15) is 13.6 Å². The molecule has 0 unspecified atom stereocenters. The Morgan fingerprint density at radius 1 is 1.13 bits per heavy atom. The second-order valence-electron chi connectivity index (χ2n) is 7.14. The standard InChI is InChI=1S/C18H22F2N2O/c19-16-3-1-2-13(17(16)20)14-10-15(14)18(23)21-11-6-8-22(9-7-11)12-4-5-12/h1-3,11-12,14-15H,4-10H2,(H,21,23)/t14-,15-/m0/s1. The van der Waals surface area contributed by atoms with Crippen molar-refractivity contribution >= 4 is 5.91 Å². The summed E-state index contributed by atoms with van der Waals surface area (Å²) in [5, 5.41) is 3.11. The summed E-state index contributed by atoms with van der Waals surface area (Å²) in [4.78, 5) is 14.9. The number of hydrogen-bond donors (Lipinski definition) is 1. The molecule has 3 aliphatic rings. The third-order valence-corrected chi connectivity index (χ3v) is 5.45. The summed E-state index contributed by atoms with van der Waals surface area (Å²) in [5.41, 5.74) is 0.341. The van der Waals surface area contributed by atoms with E-state index in [4.69, 9.17) is 0 Å². The molecule has 0 radical (unpaired) electrons. The number of likely N-dealkylation sites (tertiary alicyclic amines) is 1. The number of benzene rings is 1. The van der Waals surface area contributed by atoms with Crippen molar-refractivity contribution < 1.29 is 13.6 Å². The highest BCUT2D eigenvalue weighted by molar-refractivity contribution is 5.83. The summed E-state index contributed by atoms with van der Waals surface area (Å²) in [6.45, 7) is 2.12. The van der Waals surface area contributed by atoms with Crippen LogP contribution in [0.15, 0.2) is 18.2 Å². The van der Waals surface area contributed by atoms with E-state index in [1.54, 1.807) is 6.07 Å². The molecule has 2 aliphatic carbocycles. The molecule has 1 saturated heterocycles. The minimum Gasteiger partial charge on any atom is -0.353 e. The van der Waals surface area contributed by atoms with Crippen LogP contribution < -0.4 is 5.32 Å². The molecular weight excluding hydrogens is 298 g/mol. The lowest BCUT2D eigenvalue weighted by Gasteiger charge is -2.32.